The molecule has 0 spiro atoms. The minimum Gasteiger partial charge on any atom is -0.493 e. The average Bonchev–Trinajstić information content (AvgIpc) is 3.40. The van der Waals surface area contributed by atoms with Crippen molar-refractivity contribution in [1.29, 1.82) is 0 Å². The highest BCUT2D eigenvalue weighted by Gasteiger charge is 2.22. The Balaban J connectivity index is 1.24. The number of aromatic nitrogens is 1. The highest BCUT2D eigenvalue weighted by molar-refractivity contribution is 6.30. The monoisotopic (exact) mass is 549 g/mol. The molecule has 4 aromatic rings. The van der Waals surface area contributed by atoms with E-state index in [0.717, 1.165) is 71.9 Å². The molecule has 0 amide bonds. The molecule has 1 aromatic heterocycles. The number of nitrogens with one attached hydrogen (secondary N) is 1. The van der Waals surface area contributed by atoms with Crippen LogP contribution in [0.25, 0.3) is 22.4 Å². The van der Waals surface area contributed by atoms with Crippen molar-refractivity contribution in [1.82, 2.24) is 9.88 Å². The Labute approximate surface area is 233 Å². The van der Waals surface area contributed by atoms with Crippen LogP contribution in [0.2, 0.25) is 5.02 Å². The lowest BCUT2D eigenvalue weighted by atomic mass is 9.99. The number of likely N-dealkylation sites (tertiary alicyclic amines) is 1. The van der Waals surface area contributed by atoms with Gasteiger partial charge in [0.1, 0.15) is 29.3 Å². The van der Waals surface area contributed by atoms with E-state index in [-0.39, 0.29) is 11.9 Å². The molecule has 204 valence electrons. The van der Waals surface area contributed by atoms with Crippen molar-refractivity contribution in [2.24, 2.45) is 0 Å². The number of anilines is 1. The third-order valence-corrected chi connectivity index (χ3v) is 7.08. The van der Waals surface area contributed by atoms with Gasteiger partial charge in [0.25, 0.3) is 6.01 Å². The molecule has 0 radical (unpaired) electrons. The number of hydrogen-bond acceptors (Lipinski definition) is 6. The molecule has 1 aliphatic heterocycles. The molecule has 1 fully saturated rings. The van der Waals surface area contributed by atoms with Crippen molar-refractivity contribution in [3.8, 4) is 33.9 Å². The van der Waals surface area contributed by atoms with Crippen LogP contribution >= 0.6 is 11.6 Å². The van der Waals surface area contributed by atoms with Crippen LogP contribution in [0, 0.1) is 5.82 Å². The number of benzene rings is 3. The summed E-state index contributed by atoms with van der Waals surface area (Å²) in [5.74, 6) is 1.23. The predicted octanol–water partition coefficient (Wildman–Crippen LogP) is 7.68. The zero-order valence-corrected chi connectivity index (χ0v) is 23.0. The molecule has 39 heavy (non-hydrogen) atoms. The van der Waals surface area contributed by atoms with E-state index < -0.39 is 0 Å². The molecule has 1 N–H and O–H groups in total. The van der Waals surface area contributed by atoms with Crippen molar-refractivity contribution in [3.63, 3.8) is 0 Å². The molecule has 8 heteroatoms. The van der Waals surface area contributed by atoms with Crippen molar-refractivity contribution in [3.05, 3.63) is 83.3 Å². The molecule has 2 heterocycles. The number of piperidine rings is 1. The van der Waals surface area contributed by atoms with E-state index in [1.165, 1.54) is 12.1 Å². The zero-order chi connectivity index (χ0) is 27.2. The molecule has 0 saturated carbocycles. The second-order valence-corrected chi connectivity index (χ2v) is 10.0. The summed E-state index contributed by atoms with van der Waals surface area (Å²) >= 11 is 5.99. The summed E-state index contributed by atoms with van der Waals surface area (Å²) in [6.45, 7) is 7.65. The maximum Gasteiger partial charge on any atom is 0.295 e. The first kappa shape index (κ1) is 27.0. The molecule has 5 rings (SSSR count). The van der Waals surface area contributed by atoms with Gasteiger partial charge in [-0.05, 0) is 74.2 Å². The highest BCUT2D eigenvalue weighted by Crippen LogP contribution is 2.40. The van der Waals surface area contributed by atoms with Crippen molar-refractivity contribution >= 4 is 17.6 Å². The van der Waals surface area contributed by atoms with Gasteiger partial charge < -0.3 is 19.2 Å². The van der Waals surface area contributed by atoms with Crippen molar-refractivity contribution in [2.75, 3.05) is 31.6 Å². The van der Waals surface area contributed by atoms with E-state index in [1.54, 1.807) is 18.4 Å². The van der Waals surface area contributed by atoms with Gasteiger partial charge >= 0.3 is 0 Å². The van der Waals surface area contributed by atoms with Gasteiger partial charge in [0.15, 0.2) is 0 Å². The summed E-state index contributed by atoms with van der Waals surface area (Å²) < 4.78 is 31.3. The molecule has 0 unspecified atom stereocenters. The molecular weight excluding hydrogens is 517 g/mol. The minimum atomic E-state index is -0.269. The third-order valence-electron chi connectivity index (χ3n) is 6.82. The SMILES string of the molecule is CCOc1cc(CN2CCC(Nc3nc(-c4ccc(Cl)cc4)co3)CC2)cc(OCC)c1-c1ccc(F)cc1. The van der Waals surface area contributed by atoms with Crippen molar-refractivity contribution < 1.29 is 18.3 Å². The number of nitrogens with zero attached hydrogens (tertiary/aromatic N) is 2. The Morgan fingerprint density at radius 2 is 1.56 bits per heavy atom. The first-order chi connectivity index (χ1) is 19.0. The molecule has 1 aliphatic rings. The Kier molecular flexibility index (Phi) is 8.69. The van der Waals surface area contributed by atoms with Crippen LogP contribution in [-0.2, 0) is 6.54 Å². The lowest BCUT2D eigenvalue weighted by Gasteiger charge is -2.32. The fraction of sp³-hybridized carbons (Fsp3) is 0.323. The quantitative estimate of drug-likeness (QED) is 0.219. The van der Waals surface area contributed by atoms with E-state index >= 15 is 0 Å². The van der Waals surface area contributed by atoms with Crippen LogP contribution in [0.15, 0.2) is 71.3 Å². The Hall–Kier alpha value is -3.55. The van der Waals surface area contributed by atoms with E-state index in [2.05, 4.69) is 27.3 Å². The number of hydrogen-bond donors (Lipinski definition) is 1. The standard InChI is InChI=1S/C31H33ClFN3O3/c1-3-37-28-17-21(18-29(38-4-2)30(28)23-7-11-25(33)12-8-23)19-36-15-13-26(14-16-36)34-31-35-27(20-39-31)22-5-9-24(32)10-6-22/h5-12,17-18,20,26H,3-4,13-16,19H2,1-2H3,(H,34,35). The predicted molar refractivity (Wildman–Crippen MR) is 153 cm³/mol. The van der Waals surface area contributed by atoms with Gasteiger partial charge in [-0.3, -0.25) is 4.90 Å². The minimum absolute atomic E-state index is 0.269. The number of ether oxygens (including phenoxy) is 2. The molecule has 0 bridgehead atoms. The summed E-state index contributed by atoms with van der Waals surface area (Å²) in [6, 6.07) is 19.0. The maximum absolute atomic E-state index is 13.6. The molecule has 6 nitrogen and oxygen atoms in total. The topological polar surface area (TPSA) is 59.8 Å². The van der Waals surface area contributed by atoms with Gasteiger partial charge in [-0.2, -0.15) is 4.98 Å². The second-order valence-electron chi connectivity index (χ2n) is 9.58. The fourth-order valence-corrected chi connectivity index (χ4v) is 5.06. The van der Waals surface area contributed by atoms with E-state index in [4.69, 9.17) is 25.5 Å². The normalized spacial score (nSPS) is 14.4. The largest absolute Gasteiger partial charge is 0.493 e. The van der Waals surface area contributed by atoms with Crippen LogP contribution in [0.3, 0.4) is 0 Å². The number of rotatable bonds is 10. The summed E-state index contributed by atoms with van der Waals surface area (Å²) in [5.41, 5.74) is 4.60. The summed E-state index contributed by atoms with van der Waals surface area (Å²) in [7, 11) is 0. The van der Waals surface area contributed by atoms with Crippen LogP contribution in [0.4, 0.5) is 10.4 Å². The highest BCUT2D eigenvalue weighted by atomic mass is 35.5. The lowest BCUT2D eigenvalue weighted by molar-refractivity contribution is 0.209. The maximum atomic E-state index is 13.6. The van der Waals surface area contributed by atoms with Crippen LogP contribution < -0.4 is 14.8 Å². The average molecular weight is 550 g/mol. The number of halogens is 2. The van der Waals surface area contributed by atoms with Gasteiger partial charge in [-0.15, -0.1) is 0 Å². The zero-order valence-electron chi connectivity index (χ0n) is 22.3. The molecule has 1 saturated heterocycles. The molecule has 0 aliphatic carbocycles. The van der Waals surface area contributed by atoms with E-state index in [9.17, 15) is 4.39 Å². The second kappa shape index (κ2) is 12.5. The fourth-order valence-electron chi connectivity index (χ4n) is 4.94. The van der Waals surface area contributed by atoms with Gasteiger partial charge in [-0.1, -0.05) is 35.9 Å². The van der Waals surface area contributed by atoms with Crippen LogP contribution in [0.5, 0.6) is 11.5 Å². The summed E-state index contributed by atoms with van der Waals surface area (Å²) in [4.78, 5) is 7.04. The van der Waals surface area contributed by atoms with Crippen molar-refractivity contribution in [2.45, 2.75) is 39.3 Å². The third kappa shape index (κ3) is 6.72. The number of oxazole rings is 1. The smallest absolute Gasteiger partial charge is 0.295 e. The first-order valence-electron chi connectivity index (χ1n) is 13.4. The lowest BCUT2D eigenvalue weighted by Crippen LogP contribution is -2.38. The van der Waals surface area contributed by atoms with E-state index in [1.807, 2.05) is 38.1 Å². The van der Waals surface area contributed by atoms with Crippen LogP contribution in [-0.4, -0.2) is 42.2 Å². The Bertz CT molecular complexity index is 1340. The Morgan fingerprint density at radius 3 is 2.18 bits per heavy atom. The van der Waals surface area contributed by atoms with Gasteiger partial charge in [-0.25, -0.2) is 4.39 Å². The van der Waals surface area contributed by atoms with Crippen LogP contribution in [0.1, 0.15) is 32.3 Å². The molecular formula is C31H33ClFN3O3. The first-order valence-corrected chi connectivity index (χ1v) is 13.8. The summed E-state index contributed by atoms with van der Waals surface area (Å²) in [6.07, 6.45) is 3.62. The molecule has 0 atom stereocenters. The van der Waals surface area contributed by atoms with E-state index in [0.29, 0.717) is 24.3 Å². The Morgan fingerprint density at radius 1 is 0.949 bits per heavy atom. The van der Waals surface area contributed by atoms with Gasteiger partial charge in [0, 0.05) is 36.3 Å². The van der Waals surface area contributed by atoms with Gasteiger partial charge in [0.05, 0.1) is 18.8 Å². The van der Waals surface area contributed by atoms with Gasteiger partial charge in [0.2, 0.25) is 0 Å². The summed E-state index contributed by atoms with van der Waals surface area (Å²) in [5, 5.41) is 4.14. The molecule has 3 aromatic carbocycles.